The Morgan fingerprint density at radius 1 is 1.33 bits per heavy atom. The van der Waals surface area contributed by atoms with E-state index < -0.39 is 6.10 Å². The molecule has 3 aromatic rings. The number of aromatic nitrogens is 2. The minimum absolute atomic E-state index is 0.0616. The first-order valence-electron chi connectivity index (χ1n) is 6.77. The molecule has 21 heavy (non-hydrogen) atoms. The second-order valence-corrected chi connectivity index (χ2v) is 6.24. The largest absolute Gasteiger partial charge is 0.388 e. The number of fused-ring (bicyclic) bond motifs is 1. The predicted molar refractivity (Wildman–Crippen MR) is 82.9 cm³/mol. The Morgan fingerprint density at radius 3 is 2.76 bits per heavy atom. The van der Waals surface area contributed by atoms with Crippen molar-refractivity contribution >= 4 is 22.1 Å². The Morgan fingerprint density at radius 2 is 2.05 bits per heavy atom. The molecule has 0 aliphatic carbocycles. The molecule has 0 bridgehead atoms. The number of Topliss-reactive ketones (excluding diaryl/α,β-unsaturated/α-hetero) is 1. The number of aliphatic hydroxyl groups is 1. The van der Waals surface area contributed by atoms with Crippen LogP contribution in [0.5, 0.6) is 0 Å². The molecule has 1 unspecified atom stereocenters. The fourth-order valence-corrected chi connectivity index (χ4v) is 3.31. The Hall–Kier alpha value is -1.98. The van der Waals surface area contributed by atoms with Gasteiger partial charge >= 0.3 is 0 Å². The highest BCUT2D eigenvalue weighted by atomic mass is 32.1. The number of aryl methyl sites for hydroxylation is 2. The first kappa shape index (κ1) is 14.0. The van der Waals surface area contributed by atoms with Crippen molar-refractivity contribution in [3.8, 4) is 0 Å². The van der Waals surface area contributed by atoms with Gasteiger partial charge in [-0.1, -0.05) is 30.3 Å². The zero-order valence-electron chi connectivity index (χ0n) is 11.9. The van der Waals surface area contributed by atoms with E-state index in [1.807, 2.05) is 48.6 Å². The molecule has 0 aliphatic heterocycles. The number of ketones is 1. The molecule has 1 atom stereocenters. The Balaban J connectivity index is 1.88. The fourth-order valence-electron chi connectivity index (χ4n) is 2.37. The van der Waals surface area contributed by atoms with Gasteiger partial charge in [-0.2, -0.15) is 0 Å². The van der Waals surface area contributed by atoms with E-state index in [9.17, 15) is 9.90 Å². The molecule has 4 nitrogen and oxygen atoms in total. The van der Waals surface area contributed by atoms with Crippen molar-refractivity contribution in [1.29, 1.82) is 0 Å². The normalized spacial score (nSPS) is 12.7. The lowest BCUT2D eigenvalue weighted by Gasteiger charge is -2.09. The average molecular weight is 300 g/mol. The Bertz CT molecular complexity index is 789. The van der Waals surface area contributed by atoms with Gasteiger partial charge in [-0.15, -0.1) is 11.3 Å². The number of nitrogens with zero attached hydrogens (tertiary/aromatic N) is 2. The van der Waals surface area contributed by atoms with E-state index in [4.69, 9.17) is 0 Å². The van der Waals surface area contributed by atoms with Crippen LogP contribution in [0.25, 0.3) is 4.96 Å². The molecule has 3 rings (SSSR count). The van der Waals surface area contributed by atoms with Crippen LogP contribution in [0.4, 0.5) is 0 Å². The van der Waals surface area contributed by atoms with Crippen LogP contribution in [-0.2, 0) is 0 Å². The lowest BCUT2D eigenvalue weighted by molar-refractivity contribution is 0.0874. The van der Waals surface area contributed by atoms with Gasteiger partial charge in [0.15, 0.2) is 10.7 Å². The third kappa shape index (κ3) is 2.50. The van der Waals surface area contributed by atoms with Gasteiger partial charge in [0.1, 0.15) is 5.69 Å². The molecule has 1 aromatic carbocycles. The summed E-state index contributed by atoms with van der Waals surface area (Å²) in [5.74, 6) is -0.0975. The monoisotopic (exact) mass is 300 g/mol. The molecule has 108 valence electrons. The lowest BCUT2D eigenvalue weighted by atomic mass is 10.0. The summed E-state index contributed by atoms with van der Waals surface area (Å²) in [7, 11) is 0. The van der Waals surface area contributed by atoms with Crippen LogP contribution in [0.1, 0.15) is 39.1 Å². The number of hydrogen-bond donors (Lipinski definition) is 1. The molecule has 0 fully saturated rings. The van der Waals surface area contributed by atoms with Crippen molar-refractivity contribution in [2.45, 2.75) is 26.4 Å². The summed E-state index contributed by atoms with van der Waals surface area (Å²) >= 11 is 1.57. The predicted octanol–water partition coefficient (Wildman–Crippen LogP) is 3.32. The van der Waals surface area contributed by atoms with E-state index in [1.165, 1.54) is 0 Å². The summed E-state index contributed by atoms with van der Waals surface area (Å²) in [6, 6.07) is 9.24. The smallest absolute Gasteiger partial charge is 0.194 e. The van der Waals surface area contributed by atoms with E-state index in [1.54, 1.807) is 17.5 Å². The van der Waals surface area contributed by atoms with Crippen LogP contribution in [0.2, 0.25) is 0 Å². The summed E-state index contributed by atoms with van der Waals surface area (Å²) in [4.78, 5) is 18.7. The Kier molecular flexibility index (Phi) is 3.61. The number of benzene rings is 1. The summed E-state index contributed by atoms with van der Waals surface area (Å²) < 4.78 is 1.88. The first-order valence-corrected chi connectivity index (χ1v) is 7.59. The van der Waals surface area contributed by atoms with Gasteiger partial charge in [-0.05, 0) is 19.4 Å². The van der Waals surface area contributed by atoms with Crippen molar-refractivity contribution in [2.75, 3.05) is 0 Å². The topological polar surface area (TPSA) is 54.6 Å². The zero-order valence-corrected chi connectivity index (χ0v) is 12.7. The molecule has 5 heteroatoms. The van der Waals surface area contributed by atoms with Crippen LogP contribution in [0, 0.1) is 13.8 Å². The summed E-state index contributed by atoms with van der Waals surface area (Å²) in [6.07, 6.45) is 0.870. The van der Waals surface area contributed by atoms with Gasteiger partial charge in [0, 0.05) is 17.0 Å². The van der Waals surface area contributed by atoms with E-state index in [2.05, 4.69) is 4.98 Å². The van der Waals surface area contributed by atoms with E-state index in [0.29, 0.717) is 5.69 Å². The van der Waals surface area contributed by atoms with Gasteiger partial charge in [0.25, 0.3) is 0 Å². The molecule has 2 aromatic heterocycles. The number of carbonyl (C=O) groups excluding carboxylic acids is 1. The van der Waals surface area contributed by atoms with E-state index in [-0.39, 0.29) is 12.2 Å². The molecule has 0 aliphatic rings. The second-order valence-electron chi connectivity index (χ2n) is 5.06. The van der Waals surface area contributed by atoms with Crippen LogP contribution >= 0.6 is 11.3 Å². The summed E-state index contributed by atoms with van der Waals surface area (Å²) in [5, 5.41) is 10.2. The molecule has 2 heterocycles. The highest BCUT2D eigenvalue weighted by molar-refractivity contribution is 7.17. The number of imidazole rings is 1. The second kappa shape index (κ2) is 5.42. The van der Waals surface area contributed by atoms with E-state index >= 15 is 0 Å². The standard InChI is InChI=1S/C16H16N2O2S/c1-10-11(2)21-16-17-9-13(18(10)16)15(20)8-14(19)12-6-4-3-5-7-12/h3-7,9,14,19H,8H2,1-2H3. The quantitative estimate of drug-likeness (QED) is 0.752. The van der Waals surface area contributed by atoms with Crippen LogP contribution < -0.4 is 0 Å². The van der Waals surface area contributed by atoms with Crippen molar-refractivity contribution in [2.24, 2.45) is 0 Å². The zero-order chi connectivity index (χ0) is 15.0. The minimum Gasteiger partial charge on any atom is -0.388 e. The molecule has 0 saturated heterocycles. The fraction of sp³-hybridized carbons (Fsp3) is 0.250. The molecule has 0 spiro atoms. The van der Waals surface area contributed by atoms with Gasteiger partial charge < -0.3 is 5.11 Å². The number of thiazole rings is 1. The number of hydrogen-bond acceptors (Lipinski definition) is 4. The molecular formula is C16H16N2O2S. The average Bonchev–Trinajstić information content (AvgIpc) is 3.01. The highest BCUT2D eigenvalue weighted by Gasteiger charge is 2.20. The van der Waals surface area contributed by atoms with Gasteiger partial charge in [-0.3, -0.25) is 9.20 Å². The SMILES string of the molecule is Cc1sc2ncc(C(=O)CC(O)c3ccccc3)n2c1C. The molecular weight excluding hydrogens is 284 g/mol. The third-order valence-electron chi connectivity index (χ3n) is 3.67. The maximum Gasteiger partial charge on any atom is 0.194 e. The Labute approximate surface area is 126 Å². The van der Waals surface area contributed by atoms with Crippen molar-refractivity contribution in [3.05, 3.63) is 58.4 Å². The third-order valence-corrected chi connectivity index (χ3v) is 4.74. The van der Waals surface area contributed by atoms with Gasteiger partial charge in [-0.25, -0.2) is 4.98 Å². The first-order chi connectivity index (χ1) is 10.1. The maximum atomic E-state index is 12.4. The number of rotatable bonds is 4. The molecule has 0 amide bonds. The number of aliphatic hydroxyl groups excluding tert-OH is 1. The van der Waals surface area contributed by atoms with E-state index in [0.717, 1.165) is 21.1 Å². The van der Waals surface area contributed by atoms with Crippen molar-refractivity contribution in [1.82, 2.24) is 9.38 Å². The van der Waals surface area contributed by atoms with Gasteiger partial charge in [0.2, 0.25) is 0 Å². The summed E-state index contributed by atoms with van der Waals surface area (Å²) in [6.45, 7) is 3.99. The maximum absolute atomic E-state index is 12.4. The number of carbonyl (C=O) groups is 1. The molecule has 1 N–H and O–H groups in total. The van der Waals surface area contributed by atoms with Gasteiger partial charge in [0.05, 0.1) is 12.3 Å². The van der Waals surface area contributed by atoms with Crippen molar-refractivity contribution < 1.29 is 9.90 Å². The minimum atomic E-state index is -0.788. The highest BCUT2D eigenvalue weighted by Crippen LogP contribution is 2.25. The summed E-state index contributed by atoms with van der Waals surface area (Å²) in [5.41, 5.74) is 2.33. The lowest BCUT2D eigenvalue weighted by Crippen LogP contribution is -2.09. The molecule has 0 saturated carbocycles. The van der Waals surface area contributed by atoms with Crippen LogP contribution in [-0.4, -0.2) is 20.3 Å². The van der Waals surface area contributed by atoms with Crippen LogP contribution in [0.15, 0.2) is 36.5 Å². The van der Waals surface area contributed by atoms with Crippen LogP contribution in [0.3, 0.4) is 0 Å². The molecule has 0 radical (unpaired) electrons. The van der Waals surface area contributed by atoms with Crippen molar-refractivity contribution in [3.63, 3.8) is 0 Å².